The van der Waals surface area contributed by atoms with Gasteiger partial charge in [0.1, 0.15) is 5.75 Å². The van der Waals surface area contributed by atoms with Crippen LogP contribution < -0.4 is 15.4 Å². The number of hydrogen-bond acceptors (Lipinski definition) is 7. The lowest BCUT2D eigenvalue weighted by molar-refractivity contribution is 0.0936. The second-order valence-corrected chi connectivity index (χ2v) is 8.71. The van der Waals surface area contributed by atoms with E-state index in [0.717, 1.165) is 60.1 Å². The number of ether oxygens (including phenoxy) is 1. The van der Waals surface area contributed by atoms with Gasteiger partial charge in [-0.1, -0.05) is 24.2 Å². The van der Waals surface area contributed by atoms with Crippen LogP contribution in [-0.4, -0.2) is 39.9 Å². The third-order valence-electron chi connectivity index (χ3n) is 6.64. The monoisotopic (exact) mass is 464 g/mol. The van der Waals surface area contributed by atoms with E-state index in [1.807, 2.05) is 42.8 Å². The van der Waals surface area contributed by atoms with Crippen molar-refractivity contribution in [2.45, 2.75) is 70.6 Å². The Morgan fingerprint density at radius 2 is 1.91 bits per heavy atom. The number of pyridine rings is 1. The molecule has 9 nitrogen and oxygen atoms in total. The second kappa shape index (κ2) is 10.6. The Labute approximate surface area is 199 Å². The first-order valence-electron chi connectivity index (χ1n) is 12.0. The highest BCUT2D eigenvalue weighted by molar-refractivity contribution is 6.06. The summed E-state index contributed by atoms with van der Waals surface area (Å²) in [5.41, 5.74) is 2.99. The number of nitroso groups, excluding NO2 is 1. The van der Waals surface area contributed by atoms with Crippen LogP contribution in [0.2, 0.25) is 0 Å². The van der Waals surface area contributed by atoms with Crippen LogP contribution in [0.25, 0.3) is 11.0 Å². The summed E-state index contributed by atoms with van der Waals surface area (Å²) in [4.78, 5) is 29.0. The molecule has 2 N–H and O–H groups in total. The molecule has 0 radical (unpaired) electrons. The number of nitrogens with one attached hydrogen (secondary N) is 2. The van der Waals surface area contributed by atoms with Gasteiger partial charge in [0.15, 0.2) is 5.65 Å². The summed E-state index contributed by atoms with van der Waals surface area (Å²) in [6.07, 6.45) is 7.30. The molecule has 1 atom stereocenters. The first-order valence-corrected chi connectivity index (χ1v) is 12.0. The number of amides is 1. The van der Waals surface area contributed by atoms with Gasteiger partial charge in [0.25, 0.3) is 5.91 Å². The number of fused-ring (bicyclic) bond motifs is 1. The van der Waals surface area contributed by atoms with Crippen molar-refractivity contribution in [1.82, 2.24) is 20.1 Å². The number of aryl methyl sites for hydroxylation is 1. The molecule has 1 amide bonds. The Bertz CT molecular complexity index is 1140. The molecule has 0 aliphatic heterocycles. The number of rotatable bonds is 9. The molecule has 0 bridgehead atoms. The topological polar surface area (TPSA) is 111 Å². The first-order chi connectivity index (χ1) is 16.6. The van der Waals surface area contributed by atoms with E-state index in [1.54, 1.807) is 19.5 Å². The number of benzene rings is 1. The van der Waals surface area contributed by atoms with E-state index in [-0.39, 0.29) is 24.0 Å². The maximum absolute atomic E-state index is 13.5. The normalized spacial score (nSPS) is 18.9. The predicted molar refractivity (Wildman–Crippen MR) is 132 cm³/mol. The molecule has 180 valence electrons. The molecule has 1 unspecified atom stereocenters. The van der Waals surface area contributed by atoms with Gasteiger partial charge in [0.05, 0.1) is 42.0 Å². The molecule has 3 aromatic rings. The van der Waals surface area contributed by atoms with Crippen molar-refractivity contribution < 1.29 is 9.53 Å². The van der Waals surface area contributed by atoms with Crippen LogP contribution in [0.15, 0.2) is 41.8 Å². The molecule has 4 rings (SSSR count). The molecule has 1 aliphatic carbocycles. The second-order valence-electron chi connectivity index (χ2n) is 8.71. The molecule has 1 aromatic carbocycles. The van der Waals surface area contributed by atoms with Crippen molar-refractivity contribution in [2.24, 2.45) is 5.18 Å². The van der Waals surface area contributed by atoms with Crippen molar-refractivity contribution in [1.29, 1.82) is 0 Å². The summed E-state index contributed by atoms with van der Waals surface area (Å²) in [5.74, 6) is 0.588. The van der Waals surface area contributed by atoms with Crippen LogP contribution >= 0.6 is 0 Å². The SMILES string of the molecule is CCC(NC(=O)c1cnc2c(cnn2CC)c1NC1CCC(N=O)CC1)c1ccc(OC)cc1. The highest BCUT2D eigenvalue weighted by atomic mass is 16.5. The van der Waals surface area contributed by atoms with Crippen molar-refractivity contribution >= 4 is 22.6 Å². The molecule has 0 saturated heterocycles. The minimum absolute atomic E-state index is 0.115. The van der Waals surface area contributed by atoms with Crippen LogP contribution in [-0.2, 0) is 6.54 Å². The fourth-order valence-corrected chi connectivity index (χ4v) is 4.61. The number of aromatic nitrogens is 3. The van der Waals surface area contributed by atoms with E-state index in [4.69, 9.17) is 4.74 Å². The lowest BCUT2D eigenvalue weighted by Crippen LogP contribution is -2.31. The molecule has 9 heteroatoms. The van der Waals surface area contributed by atoms with Gasteiger partial charge < -0.3 is 15.4 Å². The molecule has 2 aromatic heterocycles. The Hall–Kier alpha value is -3.49. The molecular formula is C25H32N6O3. The van der Waals surface area contributed by atoms with Crippen LogP contribution in [0.1, 0.15) is 67.9 Å². The Morgan fingerprint density at radius 1 is 1.18 bits per heavy atom. The molecular weight excluding hydrogens is 432 g/mol. The van der Waals surface area contributed by atoms with Crippen molar-refractivity contribution in [2.75, 3.05) is 12.4 Å². The lowest BCUT2D eigenvalue weighted by atomic mass is 9.91. The summed E-state index contributed by atoms with van der Waals surface area (Å²) in [6.45, 7) is 4.74. The van der Waals surface area contributed by atoms with Crippen LogP contribution in [0, 0.1) is 4.91 Å². The van der Waals surface area contributed by atoms with Crippen LogP contribution in [0.5, 0.6) is 5.75 Å². The summed E-state index contributed by atoms with van der Waals surface area (Å²) in [6, 6.07) is 7.63. The molecule has 0 spiro atoms. The fourth-order valence-electron chi connectivity index (χ4n) is 4.61. The van der Waals surface area contributed by atoms with E-state index in [2.05, 4.69) is 25.9 Å². The summed E-state index contributed by atoms with van der Waals surface area (Å²) >= 11 is 0. The average molecular weight is 465 g/mol. The number of methoxy groups -OCH3 is 1. The maximum Gasteiger partial charge on any atom is 0.255 e. The minimum atomic E-state index is -0.188. The Morgan fingerprint density at radius 3 is 2.53 bits per heavy atom. The first kappa shape index (κ1) is 23.7. The zero-order chi connectivity index (χ0) is 24.1. The van der Waals surface area contributed by atoms with Crippen LogP contribution in [0.4, 0.5) is 5.69 Å². The summed E-state index contributed by atoms with van der Waals surface area (Å²) in [5, 5.41) is 15.2. The van der Waals surface area contributed by atoms with E-state index in [0.29, 0.717) is 12.1 Å². The highest BCUT2D eigenvalue weighted by Gasteiger charge is 2.26. The zero-order valence-electron chi connectivity index (χ0n) is 20.0. The number of nitrogens with zero attached hydrogens (tertiary/aromatic N) is 4. The largest absolute Gasteiger partial charge is 0.497 e. The van der Waals surface area contributed by atoms with Crippen molar-refractivity contribution in [3.05, 3.63) is 52.7 Å². The van der Waals surface area contributed by atoms with Crippen molar-refractivity contribution in [3.8, 4) is 5.75 Å². The molecule has 2 heterocycles. The maximum atomic E-state index is 13.5. The summed E-state index contributed by atoms with van der Waals surface area (Å²) < 4.78 is 7.07. The molecule has 1 fully saturated rings. The number of carbonyl (C=O) groups is 1. The quantitative estimate of drug-likeness (QED) is 0.439. The number of carbonyl (C=O) groups excluding carboxylic acids is 1. The standard InChI is InChI=1S/C25H32N6O3/c1-4-22(16-6-12-19(34-3)13-7-16)29-25(32)21-14-26-24-20(15-27-31(24)5-2)23(21)28-17-8-10-18(30-33)11-9-17/h6-7,12-15,17-18,22H,4-5,8-11H2,1-3H3,(H,26,28)(H,29,32). The molecule has 1 saturated carbocycles. The minimum Gasteiger partial charge on any atom is -0.497 e. The van der Waals surface area contributed by atoms with Crippen LogP contribution in [0.3, 0.4) is 0 Å². The van der Waals surface area contributed by atoms with Gasteiger partial charge in [-0.25, -0.2) is 9.67 Å². The highest BCUT2D eigenvalue weighted by Crippen LogP contribution is 2.31. The predicted octanol–water partition coefficient (Wildman–Crippen LogP) is 4.83. The van der Waals surface area contributed by atoms with Gasteiger partial charge in [-0.3, -0.25) is 4.79 Å². The van der Waals surface area contributed by atoms with E-state index >= 15 is 0 Å². The molecule has 34 heavy (non-hydrogen) atoms. The van der Waals surface area contributed by atoms with Gasteiger partial charge in [-0.2, -0.15) is 10.0 Å². The summed E-state index contributed by atoms with van der Waals surface area (Å²) in [7, 11) is 1.63. The van der Waals surface area contributed by atoms with Gasteiger partial charge >= 0.3 is 0 Å². The van der Waals surface area contributed by atoms with Crippen molar-refractivity contribution in [3.63, 3.8) is 0 Å². The Balaban J connectivity index is 1.62. The third kappa shape index (κ3) is 4.88. The lowest BCUT2D eigenvalue weighted by Gasteiger charge is -2.27. The number of anilines is 1. The smallest absolute Gasteiger partial charge is 0.255 e. The van der Waals surface area contributed by atoms with E-state index in [9.17, 15) is 9.70 Å². The van der Waals surface area contributed by atoms with Gasteiger partial charge in [-0.05, 0) is 56.7 Å². The van der Waals surface area contributed by atoms with E-state index < -0.39 is 0 Å². The zero-order valence-corrected chi connectivity index (χ0v) is 20.0. The average Bonchev–Trinajstić information content (AvgIpc) is 3.31. The number of hydrogen-bond donors (Lipinski definition) is 2. The fraction of sp³-hybridized carbons (Fsp3) is 0.480. The third-order valence-corrected chi connectivity index (χ3v) is 6.64. The Kier molecular flexibility index (Phi) is 7.40. The van der Waals surface area contributed by atoms with Gasteiger partial charge in [-0.15, -0.1) is 0 Å². The van der Waals surface area contributed by atoms with Gasteiger partial charge in [0.2, 0.25) is 0 Å². The van der Waals surface area contributed by atoms with E-state index in [1.165, 1.54) is 0 Å². The molecule has 1 aliphatic rings. The van der Waals surface area contributed by atoms with Gasteiger partial charge in [0, 0.05) is 18.8 Å².